The van der Waals surface area contributed by atoms with Crippen molar-refractivity contribution in [2.45, 2.75) is 12.3 Å². The highest BCUT2D eigenvalue weighted by Crippen LogP contribution is 2.34. The number of rotatable bonds is 3. The molecule has 1 aromatic carbocycles. The minimum atomic E-state index is -4.37. The molecular weight excluding hydrogens is 270 g/mol. The summed E-state index contributed by atoms with van der Waals surface area (Å²) in [6, 6.07) is 7.76. The first-order valence-electron chi connectivity index (χ1n) is 4.84. The molecule has 0 saturated heterocycles. The molecule has 18 heavy (non-hydrogen) atoms. The fraction of sp³-hybridized carbons (Fsp3) is 0.200. The molecule has 0 unspecified atom stereocenters. The Morgan fingerprint density at radius 2 is 1.83 bits per heavy atom. The zero-order valence-corrected chi connectivity index (χ0v) is 9.60. The Bertz CT molecular complexity index is 591. The molecule has 96 valence electrons. The molecule has 8 heteroatoms. The Kier molecular flexibility index (Phi) is 3.20. The van der Waals surface area contributed by atoms with E-state index >= 15 is 0 Å². The highest BCUT2D eigenvalue weighted by molar-refractivity contribution is 7.71. The maximum atomic E-state index is 13.3. The minimum Gasteiger partial charge on any atom is -0.267 e. The average molecular weight is 277 g/mol. The highest BCUT2D eigenvalue weighted by Gasteiger charge is 2.47. The summed E-state index contributed by atoms with van der Waals surface area (Å²) in [5.74, 6) is -5.47. The number of hydrogen-bond donors (Lipinski definition) is 1. The molecule has 0 aliphatic carbocycles. The van der Waals surface area contributed by atoms with Crippen LogP contribution in [0.25, 0.3) is 5.69 Å². The molecule has 2 rings (SSSR count). The standard InChI is InChI=1S/C10H7F4N3S/c11-7(12)10(13,14)8-15-16-9(18)17(8)6-4-2-1-3-5-6/h1-5,7H,(H,16,18). The van der Waals surface area contributed by atoms with Crippen molar-refractivity contribution in [3.05, 3.63) is 40.9 Å². The third kappa shape index (κ3) is 2.03. The summed E-state index contributed by atoms with van der Waals surface area (Å²) in [6.07, 6.45) is -3.86. The predicted octanol–water partition coefficient (Wildman–Crippen LogP) is 3.29. The number of aromatic amines is 1. The van der Waals surface area contributed by atoms with E-state index in [2.05, 4.69) is 10.2 Å². The lowest BCUT2D eigenvalue weighted by Gasteiger charge is -2.15. The zero-order chi connectivity index (χ0) is 13.3. The van der Waals surface area contributed by atoms with Gasteiger partial charge in [-0.25, -0.2) is 8.78 Å². The third-order valence-corrected chi connectivity index (χ3v) is 2.53. The molecule has 1 N–H and O–H groups in total. The van der Waals surface area contributed by atoms with Crippen molar-refractivity contribution in [1.82, 2.24) is 14.8 Å². The molecule has 3 nitrogen and oxygen atoms in total. The van der Waals surface area contributed by atoms with E-state index in [1.165, 1.54) is 12.1 Å². The van der Waals surface area contributed by atoms with Crippen LogP contribution in [0.2, 0.25) is 0 Å². The molecule has 0 saturated carbocycles. The smallest absolute Gasteiger partial charge is 0.267 e. The zero-order valence-electron chi connectivity index (χ0n) is 8.78. The lowest BCUT2D eigenvalue weighted by Crippen LogP contribution is -2.27. The number of nitrogens with zero attached hydrogens (tertiary/aromatic N) is 2. The first kappa shape index (κ1) is 12.7. The molecule has 0 amide bonds. The molecule has 0 bridgehead atoms. The van der Waals surface area contributed by atoms with Gasteiger partial charge < -0.3 is 0 Å². The van der Waals surface area contributed by atoms with Crippen molar-refractivity contribution in [3.8, 4) is 5.69 Å². The fourth-order valence-corrected chi connectivity index (χ4v) is 1.67. The predicted molar refractivity (Wildman–Crippen MR) is 58.6 cm³/mol. The Morgan fingerprint density at radius 1 is 1.22 bits per heavy atom. The summed E-state index contributed by atoms with van der Waals surface area (Å²) in [5.41, 5.74) is 0.242. The maximum absolute atomic E-state index is 13.3. The molecule has 0 aliphatic rings. The van der Waals surface area contributed by atoms with Gasteiger partial charge in [0, 0.05) is 5.69 Å². The van der Waals surface area contributed by atoms with E-state index in [0.29, 0.717) is 0 Å². The Morgan fingerprint density at radius 3 is 2.39 bits per heavy atom. The van der Waals surface area contributed by atoms with E-state index in [9.17, 15) is 17.6 Å². The maximum Gasteiger partial charge on any atom is 0.366 e. The fourth-order valence-electron chi connectivity index (χ4n) is 1.43. The van der Waals surface area contributed by atoms with Crippen LogP contribution < -0.4 is 0 Å². The quantitative estimate of drug-likeness (QED) is 0.690. The SMILES string of the molecule is FC(F)C(F)(F)c1n[nH]c(=S)n1-c1ccccc1. The van der Waals surface area contributed by atoms with Crippen molar-refractivity contribution in [2.75, 3.05) is 0 Å². The van der Waals surface area contributed by atoms with E-state index in [-0.39, 0.29) is 10.5 Å². The summed E-state index contributed by atoms with van der Waals surface area (Å²) in [7, 11) is 0. The van der Waals surface area contributed by atoms with E-state index in [0.717, 1.165) is 4.57 Å². The summed E-state index contributed by atoms with van der Waals surface area (Å²) in [5, 5.41) is 5.30. The van der Waals surface area contributed by atoms with Crippen LogP contribution in [0, 0.1) is 4.77 Å². The van der Waals surface area contributed by atoms with E-state index in [4.69, 9.17) is 12.2 Å². The largest absolute Gasteiger partial charge is 0.366 e. The topological polar surface area (TPSA) is 33.6 Å². The number of para-hydroxylation sites is 1. The van der Waals surface area contributed by atoms with Crippen molar-refractivity contribution in [1.29, 1.82) is 0 Å². The summed E-state index contributed by atoms with van der Waals surface area (Å²) >= 11 is 4.78. The lowest BCUT2D eigenvalue weighted by molar-refractivity contribution is -0.142. The molecule has 0 atom stereocenters. The van der Waals surface area contributed by atoms with Gasteiger partial charge in [-0.3, -0.25) is 9.67 Å². The number of H-pyrrole nitrogens is 1. The molecule has 2 aromatic rings. The first-order valence-corrected chi connectivity index (χ1v) is 5.24. The van der Waals surface area contributed by atoms with E-state index in [1.54, 1.807) is 18.2 Å². The molecule has 0 radical (unpaired) electrons. The van der Waals surface area contributed by atoms with Crippen LogP contribution in [-0.2, 0) is 5.92 Å². The van der Waals surface area contributed by atoms with Crippen LogP contribution in [0.1, 0.15) is 5.82 Å². The summed E-state index contributed by atoms with van der Waals surface area (Å²) in [4.78, 5) is 0. The normalized spacial score (nSPS) is 12.1. The highest BCUT2D eigenvalue weighted by atomic mass is 32.1. The lowest BCUT2D eigenvalue weighted by atomic mass is 10.3. The van der Waals surface area contributed by atoms with Gasteiger partial charge in [0.2, 0.25) is 5.82 Å². The molecule has 0 spiro atoms. The number of benzene rings is 1. The van der Waals surface area contributed by atoms with E-state index < -0.39 is 18.2 Å². The van der Waals surface area contributed by atoms with Crippen LogP contribution in [0.4, 0.5) is 17.6 Å². The van der Waals surface area contributed by atoms with Crippen LogP contribution in [0.15, 0.2) is 30.3 Å². The number of aromatic nitrogens is 3. The third-order valence-electron chi connectivity index (χ3n) is 2.26. The number of nitrogens with one attached hydrogen (secondary N) is 1. The van der Waals surface area contributed by atoms with Crippen LogP contribution >= 0.6 is 12.2 Å². The average Bonchev–Trinajstić information content (AvgIpc) is 2.72. The van der Waals surface area contributed by atoms with Gasteiger partial charge in [-0.05, 0) is 24.4 Å². The molecule has 0 fully saturated rings. The second kappa shape index (κ2) is 4.52. The van der Waals surface area contributed by atoms with Gasteiger partial charge in [-0.1, -0.05) is 18.2 Å². The summed E-state index contributed by atoms with van der Waals surface area (Å²) in [6.45, 7) is 0. The van der Waals surface area contributed by atoms with Crippen LogP contribution in [0.3, 0.4) is 0 Å². The Labute approximate surface area is 104 Å². The second-order valence-corrected chi connectivity index (χ2v) is 3.83. The van der Waals surface area contributed by atoms with Gasteiger partial charge >= 0.3 is 12.3 Å². The number of alkyl halides is 4. The van der Waals surface area contributed by atoms with E-state index in [1.807, 2.05) is 0 Å². The van der Waals surface area contributed by atoms with Crippen molar-refractivity contribution in [2.24, 2.45) is 0 Å². The van der Waals surface area contributed by atoms with Crippen molar-refractivity contribution in [3.63, 3.8) is 0 Å². The Balaban J connectivity index is 2.63. The van der Waals surface area contributed by atoms with Gasteiger partial charge in [-0.2, -0.15) is 13.9 Å². The summed E-state index contributed by atoms with van der Waals surface area (Å²) < 4.78 is 52.0. The van der Waals surface area contributed by atoms with Gasteiger partial charge in [0.1, 0.15) is 0 Å². The van der Waals surface area contributed by atoms with Crippen LogP contribution in [0.5, 0.6) is 0 Å². The first-order chi connectivity index (χ1) is 8.44. The van der Waals surface area contributed by atoms with Crippen LogP contribution in [-0.4, -0.2) is 21.2 Å². The van der Waals surface area contributed by atoms with Crippen molar-refractivity contribution < 1.29 is 17.6 Å². The Hall–Kier alpha value is -1.70. The van der Waals surface area contributed by atoms with Gasteiger partial charge in [0.15, 0.2) is 4.77 Å². The monoisotopic (exact) mass is 277 g/mol. The molecule has 1 heterocycles. The van der Waals surface area contributed by atoms with Gasteiger partial charge in [0.05, 0.1) is 0 Å². The molecule has 1 aromatic heterocycles. The van der Waals surface area contributed by atoms with Gasteiger partial charge in [-0.15, -0.1) is 0 Å². The number of hydrogen-bond acceptors (Lipinski definition) is 2. The van der Waals surface area contributed by atoms with Crippen molar-refractivity contribution >= 4 is 12.2 Å². The number of halogens is 4. The second-order valence-electron chi connectivity index (χ2n) is 3.45. The minimum absolute atomic E-state index is 0.170. The molecule has 0 aliphatic heterocycles. The molecular formula is C10H7F4N3S. The van der Waals surface area contributed by atoms with Gasteiger partial charge in [0.25, 0.3) is 0 Å².